The molecule has 18 heavy (non-hydrogen) atoms. The molecule has 0 radical (unpaired) electrons. The molecule has 1 N–H and O–H groups in total. The number of nitrogens with one attached hydrogen (secondary N) is 1. The van der Waals surface area contributed by atoms with Crippen molar-refractivity contribution in [2.75, 3.05) is 39.8 Å². The van der Waals surface area contributed by atoms with Gasteiger partial charge in [-0.25, -0.2) is 0 Å². The van der Waals surface area contributed by atoms with Crippen LogP contribution in [0, 0.1) is 0 Å². The molecular formula is C14H25N3O. The summed E-state index contributed by atoms with van der Waals surface area (Å²) in [4.78, 5) is 4.89. The number of likely N-dealkylation sites (N-methyl/N-ethyl adjacent to an activating group) is 1. The first-order valence-corrected chi connectivity index (χ1v) is 6.97. The Bertz CT molecular complexity index is 351. The zero-order chi connectivity index (χ0) is 12.8. The van der Waals surface area contributed by atoms with Crippen LogP contribution in [-0.2, 0) is 13.1 Å². The first-order valence-electron chi connectivity index (χ1n) is 6.97. The van der Waals surface area contributed by atoms with E-state index in [0.717, 1.165) is 44.2 Å². The second-order valence-electron chi connectivity index (χ2n) is 5.08. The maximum absolute atomic E-state index is 5.84. The van der Waals surface area contributed by atoms with E-state index < -0.39 is 0 Å². The highest BCUT2D eigenvalue weighted by molar-refractivity contribution is 5.07. The summed E-state index contributed by atoms with van der Waals surface area (Å²) in [5.74, 6) is 2.13. The molecule has 2 rings (SSSR count). The van der Waals surface area contributed by atoms with Gasteiger partial charge in [0.1, 0.15) is 11.5 Å². The number of hydrogen-bond donors (Lipinski definition) is 1. The summed E-state index contributed by atoms with van der Waals surface area (Å²) in [5.41, 5.74) is 0. The Labute approximate surface area is 110 Å². The van der Waals surface area contributed by atoms with Gasteiger partial charge in [0.05, 0.1) is 13.1 Å². The smallest absolute Gasteiger partial charge is 0.118 e. The predicted molar refractivity (Wildman–Crippen MR) is 73.5 cm³/mol. The van der Waals surface area contributed by atoms with Gasteiger partial charge in [0.2, 0.25) is 0 Å². The molecule has 102 valence electrons. The molecule has 0 aromatic carbocycles. The van der Waals surface area contributed by atoms with Gasteiger partial charge in [0.15, 0.2) is 0 Å². The molecule has 0 spiro atoms. The summed E-state index contributed by atoms with van der Waals surface area (Å²) in [6.45, 7) is 9.55. The molecule has 0 bridgehead atoms. The zero-order valence-corrected chi connectivity index (χ0v) is 11.6. The van der Waals surface area contributed by atoms with E-state index in [1.807, 2.05) is 0 Å². The number of furan rings is 1. The van der Waals surface area contributed by atoms with Crippen molar-refractivity contribution >= 4 is 0 Å². The highest BCUT2D eigenvalue weighted by Gasteiger charge is 2.13. The second-order valence-corrected chi connectivity index (χ2v) is 5.08. The Balaban J connectivity index is 1.82. The highest BCUT2D eigenvalue weighted by atomic mass is 16.3. The summed E-state index contributed by atoms with van der Waals surface area (Å²) in [6.07, 6.45) is 1.25. The number of rotatable bonds is 5. The lowest BCUT2D eigenvalue weighted by Gasteiger charge is -2.18. The molecule has 1 saturated heterocycles. The van der Waals surface area contributed by atoms with Gasteiger partial charge in [0.25, 0.3) is 0 Å². The van der Waals surface area contributed by atoms with Crippen molar-refractivity contribution in [1.29, 1.82) is 0 Å². The van der Waals surface area contributed by atoms with Crippen LogP contribution in [0.2, 0.25) is 0 Å². The number of nitrogens with zero attached hydrogens (tertiary/aromatic N) is 2. The normalized spacial score (nSPS) is 19.0. The molecule has 0 saturated carbocycles. The van der Waals surface area contributed by atoms with Crippen LogP contribution >= 0.6 is 0 Å². The topological polar surface area (TPSA) is 31.6 Å². The molecule has 2 heterocycles. The third kappa shape index (κ3) is 4.12. The highest BCUT2D eigenvalue weighted by Crippen LogP contribution is 2.12. The fourth-order valence-corrected chi connectivity index (χ4v) is 2.33. The fourth-order valence-electron chi connectivity index (χ4n) is 2.33. The Hall–Kier alpha value is -0.840. The average molecular weight is 251 g/mol. The van der Waals surface area contributed by atoms with Gasteiger partial charge in [-0.05, 0) is 45.2 Å². The lowest BCUT2D eigenvalue weighted by Crippen LogP contribution is -2.28. The standard InChI is InChI=1S/C14H25N3O/c1-3-15-11-13-5-6-14(18-13)12-17-8-4-7-16(2)9-10-17/h5-6,15H,3-4,7-12H2,1-2H3. The van der Waals surface area contributed by atoms with Crippen LogP contribution in [0.5, 0.6) is 0 Å². The van der Waals surface area contributed by atoms with E-state index in [-0.39, 0.29) is 0 Å². The second kappa shape index (κ2) is 6.92. The third-order valence-electron chi connectivity index (χ3n) is 3.46. The monoisotopic (exact) mass is 251 g/mol. The Morgan fingerprint density at radius 3 is 2.83 bits per heavy atom. The summed E-state index contributed by atoms with van der Waals surface area (Å²) < 4.78 is 5.84. The van der Waals surface area contributed by atoms with E-state index in [9.17, 15) is 0 Å². The molecule has 4 nitrogen and oxygen atoms in total. The van der Waals surface area contributed by atoms with E-state index in [1.165, 1.54) is 19.5 Å². The van der Waals surface area contributed by atoms with Crippen molar-refractivity contribution in [3.63, 3.8) is 0 Å². The summed E-state index contributed by atoms with van der Waals surface area (Å²) in [6, 6.07) is 4.20. The van der Waals surface area contributed by atoms with Gasteiger partial charge in [-0.15, -0.1) is 0 Å². The van der Waals surface area contributed by atoms with E-state index in [4.69, 9.17) is 4.42 Å². The van der Waals surface area contributed by atoms with Crippen LogP contribution < -0.4 is 5.32 Å². The Morgan fingerprint density at radius 1 is 1.17 bits per heavy atom. The van der Waals surface area contributed by atoms with Crippen molar-refractivity contribution in [2.24, 2.45) is 0 Å². The van der Waals surface area contributed by atoms with Gasteiger partial charge >= 0.3 is 0 Å². The maximum atomic E-state index is 5.84. The Morgan fingerprint density at radius 2 is 2.00 bits per heavy atom. The molecule has 1 aliphatic heterocycles. The van der Waals surface area contributed by atoms with E-state index in [2.05, 4.69) is 41.2 Å². The molecule has 1 aliphatic rings. The molecule has 0 unspecified atom stereocenters. The molecule has 0 aliphatic carbocycles. The van der Waals surface area contributed by atoms with Crippen molar-refractivity contribution in [3.05, 3.63) is 23.7 Å². The quantitative estimate of drug-likeness (QED) is 0.860. The lowest BCUT2D eigenvalue weighted by atomic mass is 10.3. The van der Waals surface area contributed by atoms with Crippen LogP contribution in [0.15, 0.2) is 16.5 Å². The molecule has 0 atom stereocenters. The van der Waals surface area contributed by atoms with Crippen molar-refractivity contribution in [1.82, 2.24) is 15.1 Å². The summed E-state index contributed by atoms with van der Waals surface area (Å²) in [5, 5.41) is 3.28. The minimum absolute atomic E-state index is 0.833. The third-order valence-corrected chi connectivity index (χ3v) is 3.46. The predicted octanol–water partition coefficient (Wildman–Crippen LogP) is 1.53. The average Bonchev–Trinajstić information content (AvgIpc) is 2.70. The van der Waals surface area contributed by atoms with Crippen LogP contribution in [-0.4, -0.2) is 49.6 Å². The maximum Gasteiger partial charge on any atom is 0.118 e. The number of hydrogen-bond acceptors (Lipinski definition) is 4. The van der Waals surface area contributed by atoms with E-state index in [0.29, 0.717) is 0 Å². The van der Waals surface area contributed by atoms with Gasteiger partial charge in [-0.3, -0.25) is 4.90 Å². The minimum Gasteiger partial charge on any atom is -0.463 e. The van der Waals surface area contributed by atoms with Gasteiger partial charge < -0.3 is 14.6 Å². The Kier molecular flexibility index (Phi) is 5.23. The lowest BCUT2D eigenvalue weighted by molar-refractivity contribution is 0.246. The molecule has 0 amide bonds. The van der Waals surface area contributed by atoms with Crippen LogP contribution in [0.3, 0.4) is 0 Å². The van der Waals surface area contributed by atoms with Gasteiger partial charge in [-0.1, -0.05) is 6.92 Å². The largest absolute Gasteiger partial charge is 0.463 e. The van der Waals surface area contributed by atoms with Crippen molar-refractivity contribution in [3.8, 4) is 0 Å². The molecule has 1 aromatic rings. The van der Waals surface area contributed by atoms with Crippen molar-refractivity contribution < 1.29 is 4.42 Å². The molecular weight excluding hydrogens is 226 g/mol. The van der Waals surface area contributed by atoms with E-state index >= 15 is 0 Å². The summed E-state index contributed by atoms with van der Waals surface area (Å²) in [7, 11) is 2.20. The van der Waals surface area contributed by atoms with Gasteiger partial charge in [0, 0.05) is 13.1 Å². The summed E-state index contributed by atoms with van der Waals surface area (Å²) >= 11 is 0. The molecule has 4 heteroatoms. The first kappa shape index (κ1) is 13.6. The molecule has 1 aromatic heterocycles. The molecule has 1 fully saturated rings. The minimum atomic E-state index is 0.833. The fraction of sp³-hybridized carbons (Fsp3) is 0.714. The van der Waals surface area contributed by atoms with Crippen molar-refractivity contribution in [2.45, 2.75) is 26.4 Å². The van der Waals surface area contributed by atoms with Crippen LogP contribution in [0.25, 0.3) is 0 Å². The van der Waals surface area contributed by atoms with E-state index in [1.54, 1.807) is 0 Å². The first-order chi connectivity index (χ1) is 8.78. The zero-order valence-electron chi connectivity index (χ0n) is 11.6. The van der Waals surface area contributed by atoms with Crippen LogP contribution in [0.4, 0.5) is 0 Å². The van der Waals surface area contributed by atoms with Crippen LogP contribution in [0.1, 0.15) is 24.9 Å². The SMILES string of the molecule is CCNCc1ccc(CN2CCCN(C)CC2)o1. The van der Waals surface area contributed by atoms with Gasteiger partial charge in [-0.2, -0.15) is 0 Å².